The van der Waals surface area contributed by atoms with Crippen molar-refractivity contribution in [1.29, 1.82) is 0 Å². The molecule has 1 aromatic heterocycles. The van der Waals surface area contributed by atoms with Gasteiger partial charge in [0.25, 0.3) is 5.56 Å². The number of amides is 1. The van der Waals surface area contributed by atoms with E-state index < -0.39 is 29.2 Å². The van der Waals surface area contributed by atoms with Gasteiger partial charge >= 0.3 is 11.7 Å². The van der Waals surface area contributed by atoms with Gasteiger partial charge in [0, 0.05) is 17.5 Å². The monoisotopic (exact) mass is 369 g/mol. The van der Waals surface area contributed by atoms with Crippen LogP contribution in [0.3, 0.4) is 0 Å². The summed E-state index contributed by atoms with van der Waals surface area (Å²) in [4.78, 5) is 51.2. The molecule has 9 heteroatoms. The lowest BCUT2D eigenvalue weighted by molar-refractivity contribution is -0.143. The van der Waals surface area contributed by atoms with Crippen molar-refractivity contribution in [3.05, 3.63) is 38.2 Å². The van der Waals surface area contributed by atoms with E-state index in [0.717, 1.165) is 24.7 Å². The third kappa shape index (κ3) is 7.00. The molecule has 1 amide bonds. The summed E-state index contributed by atoms with van der Waals surface area (Å²) >= 11 is 1.56. The molecule has 0 fully saturated rings. The number of carbonyl (C=O) groups excluding carboxylic acids is 2. The first-order valence-electron chi connectivity index (χ1n) is 7.86. The van der Waals surface area contributed by atoms with Gasteiger partial charge in [-0.3, -0.25) is 14.6 Å². The standard InChI is InChI=1S/C16H23N3O5S/c1-4-5-8-25-9-12(15(22)24-3)18-13(20)7-6-11-10(2)17-16(23)19-14(11)21/h6-7,12H,4-5,8-9H2,1-3H3,(H,18,20)(H2,17,19,21,23)/b7-6+/t12-/m0/s1. The van der Waals surface area contributed by atoms with E-state index in [-0.39, 0.29) is 5.56 Å². The third-order valence-corrected chi connectivity index (χ3v) is 4.45. The van der Waals surface area contributed by atoms with Crippen LogP contribution in [0.2, 0.25) is 0 Å². The van der Waals surface area contributed by atoms with Crippen molar-refractivity contribution in [2.24, 2.45) is 0 Å². The molecule has 1 rings (SSSR count). The number of rotatable bonds is 9. The highest BCUT2D eigenvalue weighted by Gasteiger charge is 2.20. The lowest BCUT2D eigenvalue weighted by Gasteiger charge is -2.15. The van der Waals surface area contributed by atoms with E-state index in [1.54, 1.807) is 18.7 Å². The average molecular weight is 369 g/mol. The van der Waals surface area contributed by atoms with Crippen molar-refractivity contribution in [2.75, 3.05) is 18.6 Å². The molecule has 0 unspecified atom stereocenters. The normalized spacial score (nSPS) is 12.1. The first-order valence-corrected chi connectivity index (χ1v) is 9.01. The van der Waals surface area contributed by atoms with Crippen molar-refractivity contribution in [2.45, 2.75) is 32.7 Å². The summed E-state index contributed by atoms with van der Waals surface area (Å²) in [6.07, 6.45) is 4.51. The van der Waals surface area contributed by atoms with Gasteiger partial charge < -0.3 is 15.0 Å². The second kappa shape index (κ2) is 10.5. The molecule has 0 radical (unpaired) electrons. The van der Waals surface area contributed by atoms with Gasteiger partial charge in [-0.2, -0.15) is 11.8 Å². The maximum Gasteiger partial charge on any atom is 0.329 e. The van der Waals surface area contributed by atoms with Gasteiger partial charge in [-0.1, -0.05) is 13.3 Å². The van der Waals surface area contributed by atoms with Gasteiger partial charge in [0.1, 0.15) is 6.04 Å². The molecule has 0 aliphatic carbocycles. The Labute approximate surface area is 149 Å². The predicted octanol–water partition coefficient (Wildman–Crippen LogP) is 0.576. The number of aromatic nitrogens is 2. The van der Waals surface area contributed by atoms with Crippen molar-refractivity contribution < 1.29 is 14.3 Å². The summed E-state index contributed by atoms with van der Waals surface area (Å²) < 4.78 is 4.70. The molecule has 0 aliphatic rings. The van der Waals surface area contributed by atoms with Crippen LogP contribution in [0.5, 0.6) is 0 Å². The summed E-state index contributed by atoms with van der Waals surface area (Å²) in [5, 5.41) is 2.56. The first kappa shape index (κ1) is 20.8. The van der Waals surface area contributed by atoms with Crippen molar-refractivity contribution in [1.82, 2.24) is 15.3 Å². The molecule has 1 atom stereocenters. The summed E-state index contributed by atoms with van der Waals surface area (Å²) in [5.74, 6) is 0.243. The maximum absolute atomic E-state index is 12.0. The number of methoxy groups -OCH3 is 1. The van der Waals surface area contributed by atoms with Crippen LogP contribution in [0.15, 0.2) is 15.7 Å². The second-order valence-corrected chi connectivity index (χ2v) is 6.44. The van der Waals surface area contributed by atoms with E-state index in [9.17, 15) is 19.2 Å². The van der Waals surface area contributed by atoms with Crippen molar-refractivity contribution >= 4 is 29.7 Å². The molecule has 0 aliphatic heterocycles. The minimum absolute atomic E-state index is 0.168. The highest BCUT2D eigenvalue weighted by atomic mass is 32.2. The SMILES string of the molecule is CCCCSC[C@H](NC(=O)/C=C/c1c(C)[nH]c(=O)[nH]c1=O)C(=O)OC. The molecule has 3 N–H and O–H groups in total. The largest absolute Gasteiger partial charge is 0.467 e. The van der Waals surface area contributed by atoms with Gasteiger partial charge in [-0.25, -0.2) is 9.59 Å². The van der Waals surface area contributed by atoms with Crippen LogP contribution in [-0.2, 0) is 14.3 Å². The Balaban J connectivity index is 2.75. The number of hydrogen-bond donors (Lipinski definition) is 3. The Morgan fingerprint density at radius 2 is 2.04 bits per heavy atom. The minimum Gasteiger partial charge on any atom is -0.467 e. The Hall–Kier alpha value is -2.29. The van der Waals surface area contributed by atoms with Crippen LogP contribution < -0.4 is 16.6 Å². The quantitative estimate of drug-likeness (QED) is 0.332. The molecular weight excluding hydrogens is 346 g/mol. The van der Waals surface area contributed by atoms with Crippen LogP contribution in [-0.4, -0.2) is 46.5 Å². The maximum atomic E-state index is 12.0. The minimum atomic E-state index is -0.765. The lowest BCUT2D eigenvalue weighted by Crippen LogP contribution is -2.42. The van der Waals surface area contributed by atoms with Gasteiger partial charge in [0.05, 0.1) is 12.7 Å². The Kier molecular flexibility index (Phi) is 8.76. The summed E-state index contributed by atoms with van der Waals surface area (Å²) in [6.45, 7) is 3.63. The number of aromatic amines is 2. The van der Waals surface area contributed by atoms with Crippen LogP contribution in [0, 0.1) is 6.92 Å². The van der Waals surface area contributed by atoms with E-state index in [0.29, 0.717) is 11.4 Å². The third-order valence-electron chi connectivity index (χ3n) is 3.31. The fraction of sp³-hybridized carbons (Fsp3) is 0.500. The zero-order chi connectivity index (χ0) is 18.8. The Morgan fingerprint density at radius 1 is 1.32 bits per heavy atom. The number of aryl methyl sites for hydroxylation is 1. The van der Waals surface area contributed by atoms with Crippen molar-refractivity contribution in [3.8, 4) is 0 Å². The van der Waals surface area contributed by atoms with Gasteiger partial charge in [-0.05, 0) is 25.2 Å². The Bertz CT molecular complexity index is 738. The molecule has 1 aromatic rings. The topological polar surface area (TPSA) is 121 Å². The van der Waals surface area contributed by atoms with Crippen LogP contribution in [0.1, 0.15) is 31.0 Å². The number of hydrogen-bond acceptors (Lipinski definition) is 6. The molecule has 0 saturated carbocycles. The molecule has 25 heavy (non-hydrogen) atoms. The zero-order valence-corrected chi connectivity index (χ0v) is 15.3. The first-order chi connectivity index (χ1) is 11.9. The number of esters is 1. The van der Waals surface area contributed by atoms with Crippen LogP contribution in [0.25, 0.3) is 6.08 Å². The zero-order valence-electron chi connectivity index (χ0n) is 14.5. The number of nitrogens with one attached hydrogen (secondary N) is 3. The average Bonchev–Trinajstić information content (AvgIpc) is 2.55. The summed E-state index contributed by atoms with van der Waals surface area (Å²) in [6, 6.07) is -0.765. The molecule has 0 aromatic carbocycles. The highest BCUT2D eigenvalue weighted by molar-refractivity contribution is 7.99. The molecule has 0 spiro atoms. The fourth-order valence-electron chi connectivity index (χ4n) is 1.95. The number of thioether (sulfide) groups is 1. The van der Waals surface area contributed by atoms with E-state index in [1.165, 1.54) is 13.2 Å². The van der Waals surface area contributed by atoms with Gasteiger partial charge in [-0.15, -0.1) is 0 Å². The molecule has 8 nitrogen and oxygen atoms in total. The van der Waals surface area contributed by atoms with E-state index in [1.807, 2.05) is 0 Å². The smallest absolute Gasteiger partial charge is 0.329 e. The van der Waals surface area contributed by atoms with Crippen LogP contribution >= 0.6 is 11.8 Å². The van der Waals surface area contributed by atoms with Crippen molar-refractivity contribution in [3.63, 3.8) is 0 Å². The summed E-state index contributed by atoms with van der Waals surface area (Å²) in [5.41, 5.74) is -0.692. The van der Waals surface area contributed by atoms with E-state index >= 15 is 0 Å². The second-order valence-electron chi connectivity index (χ2n) is 5.29. The molecular formula is C16H23N3O5S. The molecule has 138 valence electrons. The predicted molar refractivity (Wildman–Crippen MR) is 97.6 cm³/mol. The summed E-state index contributed by atoms with van der Waals surface area (Å²) in [7, 11) is 1.26. The molecule has 0 bridgehead atoms. The lowest BCUT2D eigenvalue weighted by atomic mass is 10.2. The number of carbonyl (C=O) groups is 2. The highest BCUT2D eigenvalue weighted by Crippen LogP contribution is 2.08. The van der Waals surface area contributed by atoms with Gasteiger partial charge in [0.2, 0.25) is 5.91 Å². The van der Waals surface area contributed by atoms with E-state index in [2.05, 4.69) is 22.2 Å². The fourth-order valence-corrected chi connectivity index (χ4v) is 3.06. The number of H-pyrrole nitrogens is 2. The molecule has 1 heterocycles. The van der Waals surface area contributed by atoms with Gasteiger partial charge in [0.15, 0.2) is 0 Å². The van der Waals surface area contributed by atoms with E-state index in [4.69, 9.17) is 4.74 Å². The molecule has 0 saturated heterocycles. The number of ether oxygens (including phenoxy) is 1. The Morgan fingerprint density at radius 3 is 2.64 bits per heavy atom. The number of unbranched alkanes of at least 4 members (excludes halogenated alkanes) is 1. The van der Waals surface area contributed by atoms with Crippen LogP contribution in [0.4, 0.5) is 0 Å².